The van der Waals surface area contributed by atoms with Crippen LogP contribution in [0.4, 0.5) is 0 Å². The van der Waals surface area contributed by atoms with Crippen molar-refractivity contribution < 1.29 is 4.79 Å². The maximum atomic E-state index is 11.6. The van der Waals surface area contributed by atoms with Gasteiger partial charge in [-0.15, -0.1) is 12.3 Å². The van der Waals surface area contributed by atoms with E-state index in [9.17, 15) is 4.79 Å². The summed E-state index contributed by atoms with van der Waals surface area (Å²) in [4.78, 5) is 11.6. The van der Waals surface area contributed by atoms with Crippen molar-refractivity contribution >= 4 is 5.91 Å². The fraction of sp³-hybridized carbons (Fsp3) is 0.700. The fourth-order valence-electron chi connectivity index (χ4n) is 1.53. The monoisotopic (exact) mass is 180 g/mol. The molecule has 0 saturated carbocycles. The van der Waals surface area contributed by atoms with Gasteiger partial charge in [-0.05, 0) is 26.3 Å². The molecule has 1 heterocycles. The molecule has 0 aromatic heterocycles. The molecule has 0 radical (unpaired) electrons. The first kappa shape index (κ1) is 10.1. The molecule has 1 saturated heterocycles. The zero-order valence-corrected chi connectivity index (χ0v) is 8.02. The third-order valence-electron chi connectivity index (χ3n) is 2.42. The molecule has 3 nitrogen and oxygen atoms in total. The summed E-state index contributed by atoms with van der Waals surface area (Å²) in [5.41, 5.74) is -0.366. The Hall–Kier alpha value is -1.01. The first-order valence-corrected chi connectivity index (χ1v) is 4.66. The molecule has 0 spiro atoms. The highest BCUT2D eigenvalue weighted by atomic mass is 16.2. The highest BCUT2D eigenvalue weighted by Crippen LogP contribution is 2.18. The minimum absolute atomic E-state index is 0.0697. The molecule has 0 aromatic rings. The van der Waals surface area contributed by atoms with E-state index in [2.05, 4.69) is 16.6 Å². The lowest BCUT2D eigenvalue weighted by atomic mass is 9.99. The maximum absolute atomic E-state index is 11.6. The third kappa shape index (κ3) is 2.46. The summed E-state index contributed by atoms with van der Waals surface area (Å²) in [6.45, 7) is 3.44. The summed E-state index contributed by atoms with van der Waals surface area (Å²) in [7, 11) is 0. The van der Waals surface area contributed by atoms with Crippen molar-refractivity contribution in [2.45, 2.75) is 31.7 Å². The number of carbonyl (C=O) groups is 1. The van der Waals surface area contributed by atoms with Gasteiger partial charge in [-0.1, -0.05) is 0 Å². The molecule has 0 bridgehead atoms. The third-order valence-corrected chi connectivity index (χ3v) is 2.42. The van der Waals surface area contributed by atoms with E-state index in [4.69, 9.17) is 6.42 Å². The minimum Gasteiger partial charge on any atom is -0.354 e. The lowest BCUT2D eigenvalue weighted by Gasteiger charge is -2.22. The van der Waals surface area contributed by atoms with Crippen LogP contribution in [0.1, 0.15) is 26.2 Å². The van der Waals surface area contributed by atoms with Crippen LogP contribution >= 0.6 is 0 Å². The van der Waals surface area contributed by atoms with Gasteiger partial charge in [0.05, 0.1) is 5.54 Å². The molecule has 1 amide bonds. The minimum atomic E-state index is -0.366. The van der Waals surface area contributed by atoms with E-state index < -0.39 is 0 Å². The van der Waals surface area contributed by atoms with Crippen LogP contribution < -0.4 is 10.6 Å². The second kappa shape index (κ2) is 4.29. The topological polar surface area (TPSA) is 41.1 Å². The molecule has 1 aliphatic rings. The summed E-state index contributed by atoms with van der Waals surface area (Å²) in [6.07, 6.45) is 7.66. The van der Waals surface area contributed by atoms with Crippen molar-refractivity contribution in [2.24, 2.45) is 0 Å². The number of nitrogens with one attached hydrogen (secondary N) is 2. The first-order chi connectivity index (χ1) is 6.19. The molecule has 0 aromatic carbocycles. The van der Waals surface area contributed by atoms with Crippen LogP contribution in [0.15, 0.2) is 0 Å². The zero-order valence-electron chi connectivity index (χ0n) is 8.02. The van der Waals surface area contributed by atoms with E-state index >= 15 is 0 Å². The Kier molecular flexibility index (Phi) is 3.32. The van der Waals surface area contributed by atoms with Gasteiger partial charge in [0.2, 0.25) is 5.91 Å². The molecule has 2 N–H and O–H groups in total. The Morgan fingerprint density at radius 1 is 1.77 bits per heavy atom. The highest BCUT2D eigenvalue weighted by Gasteiger charge is 2.35. The number of terminal acetylenes is 1. The predicted octanol–water partition coefficient (Wildman–Crippen LogP) is 0.268. The van der Waals surface area contributed by atoms with Gasteiger partial charge in [-0.25, -0.2) is 0 Å². The number of hydrogen-bond acceptors (Lipinski definition) is 2. The first-order valence-electron chi connectivity index (χ1n) is 4.66. The van der Waals surface area contributed by atoms with Crippen LogP contribution in [0.3, 0.4) is 0 Å². The number of carbonyl (C=O) groups excluding carboxylic acids is 1. The van der Waals surface area contributed by atoms with Crippen LogP contribution in [0.2, 0.25) is 0 Å². The Bertz CT molecular complexity index is 224. The summed E-state index contributed by atoms with van der Waals surface area (Å²) in [6, 6.07) is 0. The Morgan fingerprint density at radius 2 is 2.54 bits per heavy atom. The van der Waals surface area contributed by atoms with Gasteiger partial charge in [0.25, 0.3) is 0 Å². The van der Waals surface area contributed by atoms with Crippen molar-refractivity contribution in [3.63, 3.8) is 0 Å². The van der Waals surface area contributed by atoms with Crippen molar-refractivity contribution in [3.8, 4) is 12.3 Å². The zero-order chi connectivity index (χ0) is 9.73. The van der Waals surface area contributed by atoms with Crippen LogP contribution in [0.25, 0.3) is 0 Å². The normalized spacial score (nSPS) is 26.8. The summed E-state index contributed by atoms with van der Waals surface area (Å²) in [5, 5.41) is 6.02. The van der Waals surface area contributed by atoms with Crippen molar-refractivity contribution in [1.29, 1.82) is 0 Å². The SMILES string of the molecule is C#CCCNC(=O)C1(C)CCCN1. The maximum Gasteiger partial charge on any atom is 0.240 e. The molecule has 1 unspecified atom stereocenters. The van der Waals surface area contributed by atoms with Gasteiger partial charge < -0.3 is 10.6 Å². The summed E-state index contributed by atoms with van der Waals surface area (Å²) in [5.74, 6) is 2.56. The van der Waals surface area contributed by atoms with Gasteiger partial charge in [-0.3, -0.25) is 4.79 Å². The second-order valence-electron chi connectivity index (χ2n) is 3.57. The van der Waals surface area contributed by atoms with Crippen LogP contribution in [0.5, 0.6) is 0 Å². The molecule has 3 heteroatoms. The quantitative estimate of drug-likeness (QED) is 0.483. The largest absolute Gasteiger partial charge is 0.354 e. The van der Waals surface area contributed by atoms with Gasteiger partial charge in [0.1, 0.15) is 0 Å². The van der Waals surface area contributed by atoms with E-state index in [0.29, 0.717) is 13.0 Å². The summed E-state index contributed by atoms with van der Waals surface area (Å²) < 4.78 is 0. The second-order valence-corrected chi connectivity index (χ2v) is 3.57. The molecular formula is C10H16N2O. The average molecular weight is 180 g/mol. The van der Waals surface area contributed by atoms with Crippen molar-refractivity contribution in [1.82, 2.24) is 10.6 Å². The number of amides is 1. The van der Waals surface area contributed by atoms with E-state index in [1.807, 2.05) is 6.92 Å². The van der Waals surface area contributed by atoms with Crippen LogP contribution in [0, 0.1) is 12.3 Å². The highest BCUT2D eigenvalue weighted by molar-refractivity contribution is 5.86. The average Bonchev–Trinajstić information content (AvgIpc) is 2.54. The van der Waals surface area contributed by atoms with Gasteiger partial charge in [0, 0.05) is 13.0 Å². The van der Waals surface area contributed by atoms with E-state index in [1.54, 1.807) is 0 Å². The van der Waals surface area contributed by atoms with E-state index in [1.165, 1.54) is 0 Å². The van der Waals surface area contributed by atoms with Crippen molar-refractivity contribution in [3.05, 3.63) is 0 Å². The van der Waals surface area contributed by atoms with Crippen LogP contribution in [-0.2, 0) is 4.79 Å². The van der Waals surface area contributed by atoms with Crippen molar-refractivity contribution in [2.75, 3.05) is 13.1 Å². The lowest BCUT2D eigenvalue weighted by Crippen LogP contribution is -2.51. The lowest BCUT2D eigenvalue weighted by molar-refractivity contribution is -0.126. The fourth-order valence-corrected chi connectivity index (χ4v) is 1.53. The predicted molar refractivity (Wildman–Crippen MR) is 52.1 cm³/mol. The molecule has 72 valence electrons. The summed E-state index contributed by atoms with van der Waals surface area (Å²) >= 11 is 0. The molecule has 1 fully saturated rings. The molecular weight excluding hydrogens is 164 g/mol. The standard InChI is InChI=1S/C10H16N2O/c1-3-4-7-11-9(13)10(2)6-5-8-12-10/h1,12H,4-8H2,2H3,(H,11,13). The van der Waals surface area contributed by atoms with Gasteiger partial charge >= 0.3 is 0 Å². The van der Waals surface area contributed by atoms with Gasteiger partial charge in [-0.2, -0.15) is 0 Å². The molecule has 13 heavy (non-hydrogen) atoms. The van der Waals surface area contributed by atoms with E-state index in [-0.39, 0.29) is 11.4 Å². The molecule has 1 rings (SSSR count). The molecule has 0 aliphatic carbocycles. The van der Waals surface area contributed by atoms with Crippen LogP contribution in [-0.4, -0.2) is 24.5 Å². The Labute approximate surface area is 79.3 Å². The molecule has 1 aliphatic heterocycles. The Balaban J connectivity index is 2.34. The van der Waals surface area contributed by atoms with E-state index in [0.717, 1.165) is 19.4 Å². The molecule has 1 atom stereocenters. The number of rotatable bonds is 3. The number of hydrogen-bond donors (Lipinski definition) is 2. The smallest absolute Gasteiger partial charge is 0.240 e. The Morgan fingerprint density at radius 3 is 3.08 bits per heavy atom. The van der Waals surface area contributed by atoms with Gasteiger partial charge in [0.15, 0.2) is 0 Å².